The van der Waals surface area contributed by atoms with Gasteiger partial charge in [-0.2, -0.15) is 0 Å². The summed E-state index contributed by atoms with van der Waals surface area (Å²) >= 11 is 6.04. The zero-order chi connectivity index (χ0) is 11.3. The van der Waals surface area contributed by atoms with Crippen LogP contribution < -0.4 is 0 Å². The molecule has 16 heavy (non-hydrogen) atoms. The molecular weight excluding hydrogens is 224 g/mol. The molecule has 1 aliphatic rings. The molecule has 3 nitrogen and oxygen atoms in total. The molecule has 2 aromatic rings. The van der Waals surface area contributed by atoms with E-state index in [4.69, 9.17) is 11.6 Å². The molecule has 0 atom stereocenters. The first-order chi connectivity index (χ1) is 7.69. The van der Waals surface area contributed by atoms with E-state index >= 15 is 0 Å². The largest absolute Gasteiger partial charge is 0.357 e. The Morgan fingerprint density at radius 2 is 2.25 bits per heavy atom. The summed E-state index contributed by atoms with van der Waals surface area (Å²) in [6.45, 7) is 1.87. The van der Waals surface area contributed by atoms with E-state index in [-0.39, 0.29) is 0 Å². The molecule has 0 spiro atoms. The maximum Gasteiger partial charge on any atom is 0.151 e. The van der Waals surface area contributed by atoms with Crippen LogP contribution in [0.5, 0.6) is 0 Å². The molecule has 3 rings (SSSR count). The van der Waals surface area contributed by atoms with Crippen LogP contribution in [0, 0.1) is 0 Å². The van der Waals surface area contributed by atoms with E-state index in [1.807, 2.05) is 12.1 Å². The predicted molar refractivity (Wildman–Crippen MR) is 63.9 cm³/mol. The highest BCUT2D eigenvalue weighted by molar-refractivity contribution is 6.33. The van der Waals surface area contributed by atoms with E-state index in [9.17, 15) is 4.79 Å². The Hall–Kier alpha value is -1.32. The quantitative estimate of drug-likeness (QED) is 0.770. The van der Waals surface area contributed by atoms with Gasteiger partial charge in [0.15, 0.2) is 6.29 Å². The number of halogens is 1. The molecule has 4 heteroatoms. The summed E-state index contributed by atoms with van der Waals surface area (Å²) in [7, 11) is 2.08. The molecule has 0 saturated heterocycles. The molecule has 0 amide bonds. The molecule has 82 valence electrons. The number of rotatable bonds is 1. The molecule has 1 aromatic carbocycles. The van der Waals surface area contributed by atoms with Crippen LogP contribution in [-0.4, -0.2) is 23.2 Å². The predicted octanol–water partition coefficient (Wildman–Crippen LogP) is 2.58. The fraction of sp³-hybridized carbons (Fsp3) is 0.250. The van der Waals surface area contributed by atoms with Crippen molar-refractivity contribution in [2.24, 2.45) is 0 Å². The Kier molecular flexibility index (Phi) is 2.06. The lowest BCUT2D eigenvalue weighted by Crippen LogP contribution is -2.08. The van der Waals surface area contributed by atoms with Gasteiger partial charge >= 0.3 is 0 Å². The first-order valence-corrected chi connectivity index (χ1v) is 5.53. The Morgan fingerprint density at radius 1 is 1.44 bits per heavy atom. The molecule has 0 fully saturated rings. The van der Waals surface area contributed by atoms with Gasteiger partial charge in [-0.3, -0.25) is 9.69 Å². The monoisotopic (exact) mass is 234 g/mol. The molecule has 1 N–H and O–H groups in total. The second-order valence-corrected chi connectivity index (χ2v) is 4.70. The summed E-state index contributed by atoms with van der Waals surface area (Å²) in [6, 6.07) is 3.71. The maximum absolute atomic E-state index is 10.8. The molecule has 0 radical (unpaired) electrons. The fourth-order valence-electron chi connectivity index (χ4n) is 2.35. The van der Waals surface area contributed by atoms with Gasteiger partial charge in [0.05, 0.1) is 5.02 Å². The minimum atomic E-state index is 0.527. The Labute approximate surface area is 98.0 Å². The Bertz CT molecular complexity index is 588. The average molecular weight is 235 g/mol. The van der Waals surface area contributed by atoms with Crippen LogP contribution in [-0.2, 0) is 13.1 Å². The van der Waals surface area contributed by atoms with Crippen LogP contribution in [0.4, 0.5) is 0 Å². The number of aldehydes is 1. The molecule has 1 aliphatic heterocycles. The molecule has 2 heterocycles. The van der Waals surface area contributed by atoms with Crippen LogP contribution in [0.3, 0.4) is 0 Å². The number of carbonyl (C=O) groups is 1. The smallest absolute Gasteiger partial charge is 0.151 e. The van der Waals surface area contributed by atoms with E-state index in [1.54, 1.807) is 0 Å². The minimum Gasteiger partial charge on any atom is -0.357 e. The molecule has 0 bridgehead atoms. The SMILES string of the molecule is CN1Cc2[nH]c3cc(C=O)c(Cl)cc3c2C1. The lowest BCUT2D eigenvalue weighted by Gasteiger charge is -2.06. The van der Waals surface area contributed by atoms with Gasteiger partial charge in [0.1, 0.15) is 0 Å². The number of hydrogen-bond donors (Lipinski definition) is 1. The lowest BCUT2D eigenvalue weighted by molar-refractivity contribution is 0.112. The summed E-state index contributed by atoms with van der Waals surface area (Å²) in [6.07, 6.45) is 0.792. The van der Waals surface area contributed by atoms with Crippen molar-refractivity contribution in [3.8, 4) is 0 Å². The van der Waals surface area contributed by atoms with E-state index in [0.29, 0.717) is 10.6 Å². The minimum absolute atomic E-state index is 0.527. The van der Waals surface area contributed by atoms with Gasteiger partial charge in [-0.1, -0.05) is 11.6 Å². The van der Waals surface area contributed by atoms with Crippen molar-refractivity contribution in [1.29, 1.82) is 0 Å². The van der Waals surface area contributed by atoms with E-state index in [0.717, 1.165) is 30.3 Å². The van der Waals surface area contributed by atoms with Gasteiger partial charge in [0, 0.05) is 35.2 Å². The summed E-state index contributed by atoms with van der Waals surface area (Å²) in [5.41, 5.74) is 4.08. The van der Waals surface area contributed by atoms with E-state index in [2.05, 4.69) is 16.9 Å². The molecule has 0 aliphatic carbocycles. The first kappa shape index (κ1) is 9.87. The van der Waals surface area contributed by atoms with Gasteiger partial charge in [-0.15, -0.1) is 0 Å². The lowest BCUT2D eigenvalue weighted by atomic mass is 10.1. The van der Waals surface area contributed by atoms with Crippen molar-refractivity contribution < 1.29 is 4.79 Å². The second-order valence-electron chi connectivity index (χ2n) is 4.29. The van der Waals surface area contributed by atoms with Gasteiger partial charge in [-0.05, 0) is 24.7 Å². The number of benzene rings is 1. The fourth-order valence-corrected chi connectivity index (χ4v) is 2.55. The normalized spacial score (nSPS) is 15.6. The number of carbonyl (C=O) groups excluding carboxylic acids is 1. The summed E-state index contributed by atoms with van der Waals surface area (Å²) in [5, 5.41) is 1.66. The molecular formula is C12H11ClN2O. The first-order valence-electron chi connectivity index (χ1n) is 5.15. The number of nitrogens with zero attached hydrogens (tertiary/aromatic N) is 1. The number of aromatic amines is 1. The third kappa shape index (κ3) is 1.29. The third-order valence-corrected chi connectivity index (χ3v) is 3.42. The highest BCUT2D eigenvalue weighted by atomic mass is 35.5. The standard InChI is InChI=1S/C12H11ClN2O/c1-15-4-9-8-3-10(13)7(6-16)2-11(8)14-12(9)5-15/h2-3,6,14H,4-5H2,1H3. The van der Waals surface area contributed by atoms with Crippen molar-refractivity contribution in [2.45, 2.75) is 13.1 Å². The van der Waals surface area contributed by atoms with Gasteiger partial charge in [0.2, 0.25) is 0 Å². The van der Waals surface area contributed by atoms with Crippen LogP contribution in [0.25, 0.3) is 10.9 Å². The maximum atomic E-state index is 10.8. The zero-order valence-electron chi connectivity index (χ0n) is 8.88. The topological polar surface area (TPSA) is 36.1 Å². The van der Waals surface area contributed by atoms with Crippen LogP contribution in [0.1, 0.15) is 21.6 Å². The van der Waals surface area contributed by atoms with Crippen molar-refractivity contribution in [2.75, 3.05) is 7.05 Å². The summed E-state index contributed by atoms with van der Waals surface area (Å²) in [5.74, 6) is 0. The second kappa shape index (κ2) is 3.34. The Balaban J connectivity index is 2.28. The average Bonchev–Trinajstić information content (AvgIpc) is 2.74. The van der Waals surface area contributed by atoms with Gasteiger partial charge in [0.25, 0.3) is 0 Å². The number of hydrogen-bond acceptors (Lipinski definition) is 2. The van der Waals surface area contributed by atoms with Crippen molar-refractivity contribution in [3.05, 3.63) is 34.0 Å². The van der Waals surface area contributed by atoms with Crippen molar-refractivity contribution in [1.82, 2.24) is 9.88 Å². The number of H-pyrrole nitrogens is 1. The summed E-state index contributed by atoms with van der Waals surface area (Å²) in [4.78, 5) is 16.4. The van der Waals surface area contributed by atoms with Crippen LogP contribution >= 0.6 is 11.6 Å². The highest BCUT2D eigenvalue weighted by Crippen LogP contribution is 2.32. The summed E-state index contributed by atoms with van der Waals surface area (Å²) < 4.78 is 0. The number of nitrogens with one attached hydrogen (secondary N) is 1. The van der Waals surface area contributed by atoms with Gasteiger partial charge in [-0.25, -0.2) is 0 Å². The van der Waals surface area contributed by atoms with Gasteiger partial charge < -0.3 is 4.98 Å². The third-order valence-electron chi connectivity index (χ3n) is 3.09. The zero-order valence-corrected chi connectivity index (χ0v) is 9.64. The number of aromatic nitrogens is 1. The van der Waals surface area contributed by atoms with Crippen molar-refractivity contribution >= 4 is 28.8 Å². The van der Waals surface area contributed by atoms with Crippen LogP contribution in [0.2, 0.25) is 5.02 Å². The molecule has 0 unspecified atom stereocenters. The Morgan fingerprint density at radius 3 is 3.00 bits per heavy atom. The van der Waals surface area contributed by atoms with E-state index in [1.165, 1.54) is 11.3 Å². The number of fused-ring (bicyclic) bond motifs is 3. The highest BCUT2D eigenvalue weighted by Gasteiger charge is 2.21. The van der Waals surface area contributed by atoms with Crippen molar-refractivity contribution in [3.63, 3.8) is 0 Å². The molecule has 1 aromatic heterocycles. The molecule has 0 saturated carbocycles. The van der Waals surface area contributed by atoms with E-state index < -0.39 is 0 Å². The van der Waals surface area contributed by atoms with Crippen LogP contribution in [0.15, 0.2) is 12.1 Å².